The molecule has 5 heterocycles. The SMILES string of the molecule is Cc1cccn2nc(C3c4nc[nH]c4CCN3c3nnc(C4(C)CC4)o3)cc12. The second-order valence-electron chi connectivity index (χ2n) is 8.15. The highest BCUT2D eigenvalue weighted by molar-refractivity contribution is 5.57. The van der Waals surface area contributed by atoms with Gasteiger partial charge in [-0.3, -0.25) is 0 Å². The molecule has 0 amide bonds. The number of rotatable bonds is 3. The number of H-pyrrole nitrogens is 1. The van der Waals surface area contributed by atoms with Crippen molar-refractivity contribution in [3.8, 4) is 0 Å². The Kier molecular flexibility index (Phi) is 3.08. The minimum Gasteiger partial charge on any atom is -0.407 e. The number of aromatic nitrogens is 6. The molecule has 0 bridgehead atoms. The van der Waals surface area contributed by atoms with Gasteiger partial charge in [-0.25, -0.2) is 9.50 Å². The molecule has 1 aliphatic carbocycles. The van der Waals surface area contributed by atoms with E-state index in [1.54, 1.807) is 6.33 Å². The number of anilines is 1. The molecule has 0 aromatic carbocycles. The first kappa shape index (κ1) is 15.9. The highest BCUT2D eigenvalue weighted by Crippen LogP contribution is 2.48. The van der Waals surface area contributed by atoms with Crippen molar-refractivity contribution in [3.05, 3.63) is 59.3 Å². The Labute approximate surface area is 161 Å². The molecule has 6 rings (SSSR count). The Morgan fingerprint density at radius 3 is 3.00 bits per heavy atom. The van der Waals surface area contributed by atoms with Gasteiger partial charge in [-0.2, -0.15) is 5.10 Å². The van der Waals surface area contributed by atoms with Gasteiger partial charge in [-0.15, -0.1) is 5.10 Å². The van der Waals surface area contributed by atoms with Crippen LogP contribution < -0.4 is 4.90 Å². The van der Waals surface area contributed by atoms with Crippen LogP contribution in [0.15, 0.2) is 35.1 Å². The quantitative estimate of drug-likeness (QED) is 0.592. The molecule has 1 atom stereocenters. The number of aryl methyl sites for hydroxylation is 1. The third kappa shape index (κ3) is 2.23. The summed E-state index contributed by atoms with van der Waals surface area (Å²) in [7, 11) is 0. The lowest BCUT2D eigenvalue weighted by Gasteiger charge is -2.32. The van der Waals surface area contributed by atoms with Crippen molar-refractivity contribution in [2.45, 2.75) is 44.6 Å². The normalized spacial score (nSPS) is 20.5. The molecule has 8 heteroatoms. The van der Waals surface area contributed by atoms with Crippen molar-refractivity contribution in [1.82, 2.24) is 29.8 Å². The van der Waals surface area contributed by atoms with Crippen LogP contribution in [0.25, 0.3) is 5.52 Å². The molecule has 2 aliphatic rings. The van der Waals surface area contributed by atoms with Gasteiger partial charge in [0.15, 0.2) is 0 Å². The van der Waals surface area contributed by atoms with Crippen molar-refractivity contribution >= 4 is 11.5 Å². The molecule has 1 saturated carbocycles. The first-order chi connectivity index (χ1) is 13.6. The predicted octanol–water partition coefficient (Wildman–Crippen LogP) is 2.95. The first-order valence-corrected chi connectivity index (χ1v) is 9.70. The van der Waals surface area contributed by atoms with Gasteiger partial charge in [-0.05, 0) is 37.5 Å². The lowest BCUT2D eigenvalue weighted by molar-refractivity contribution is 0.431. The van der Waals surface area contributed by atoms with Crippen LogP contribution in [0.1, 0.15) is 54.3 Å². The molecular formula is C20H21N7O. The standard InChI is InChI=1S/C20H21N7O/c1-12-4-3-8-27-15(12)10-14(25-27)17-16-13(21-11-22-16)5-9-26(17)19-24-23-18(28-19)20(2)6-7-20/h3-4,8,10-11,17H,5-7,9H2,1-2H3,(H,21,22). The predicted molar refractivity (Wildman–Crippen MR) is 102 cm³/mol. The van der Waals surface area contributed by atoms with Gasteiger partial charge >= 0.3 is 6.01 Å². The largest absolute Gasteiger partial charge is 0.407 e. The molecule has 1 fully saturated rings. The first-order valence-electron chi connectivity index (χ1n) is 9.70. The van der Waals surface area contributed by atoms with Crippen LogP contribution in [0.2, 0.25) is 0 Å². The Morgan fingerprint density at radius 1 is 1.29 bits per heavy atom. The molecule has 0 saturated heterocycles. The molecular weight excluding hydrogens is 354 g/mol. The second-order valence-corrected chi connectivity index (χ2v) is 8.15. The van der Waals surface area contributed by atoms with E-state index in [4.69, 9.17) is 9.52 Å². The Hall–Kier alpha value is -3.16. The van der Waals surface area contributed by atoms with Gasteiger partial charge in [0.25, 0.3) is 0 Å². The maximum Gasteiger partial charge on any atom is 0.319 e. The summed E-state index contributed by atoms with van der Waals surface area (Å²) < 4.78 is 8.05. The Balaban J connectivity index is 1.48. The number of aromatic amines is 1. The molecule has 4 aromatic rings. The number of hydrogen-bond donors (Lipinski definition) is 1. The minimum absolute atomic E-state index is 0.0498. The molecule has 28 heavy (non-hydrogen) atoms. The zero-order chi connectivity index (χ0) is 18.9. The second kappa shape index (κ2) is 5.43. The highest BCUT2D eigenvalue weighted by Gasteiger charge is 2.45. The topological polar surface area (TPSA) is 88.1 Å². The molecule has 1 unspecified atom stereocenters. The molecule has 0 radical (unpaired) electrons. The molecule has 1 N–H and O–H groups in total. The van der Waals surface area contributed by atoms with Crippen LogP contribution in [0.3, 0.4) is 0 Å². The van der Waals surface area contributed by atoms with Gasteiger partial charge in [0, 0.05) is 30.3 Å². The van der Waals surface area contributed by atoms with Gasteiger partial charge < -0.3 is 14.3 Å². The summed E-state index contributed by atoms with van der Waals surface area (Å²) in [6.07, 6.45) is 6.80. The van der Waals surface area contributed by atoms with E-state index in [1.165, 1.54) is 5.56 Å². The zero-order valence-corrected chi connectivity index (χ0v) is 15.9. The summed E-state index contributed by atoms with van der Waals surface area (Å²) in [6, 6.07) is 6.64. The third-order valence-corrected chi connectivity index (χ3v) is 6.11. The maximum atomic E-state index is 6.12. The number of imidazole rings is 1. The van der Waals surface area contributed by atoms with Crippen molar-refractivity contribution in [2.24, 2.45) is 0 Å². The third-order valence-electron chi connectivity index (χ3n) is 6.11. The molecule has 8 nitrogen and oxygen atoms in total. The van der Waals surface area contributed by atoms with E-state index in [1.807, 2.05) is 16.8 Å². The fraction of sp³-hybridized carbons (Fsp3) is 0.400. The zero-order valence-electron chi connectivity index (χ0n) is 15.9. The molecule has 0 spiro atoms. The summed E-state index contributed by atoms with van der Waals surface area (Å²) in [4.78, 5) is 10.0. The number of nitrogens with zero attached hydrogens (tertiary/aromatic N) is 6. The summed E-state index contributed by atoms with van der Waals surface area (Å²) in [5.41, 5.74) is 5.38. The number of hydrogen-bond acceptors (Lipinski definition) is 6. The number of pyridine rings is 1. The van der Waals surface area contributed by atoms with Crippen LogP contribution in [-0.2, 0) is 11.8 Å². The van der Waals surface area contributed by atoms with Crippen molar-refractivity contribution in [1.29, 1.82) is 0 Å². The van der Waals surface area contributed by atoms with Crippen LogP contribution in [0, 0.1) is 6.92 Å². The lowest BCUT2D eigenvalue weighted by Crippen LogP contribution is -2.37. The van der Waals surface area contributed by atoms with Crippen molar-refractivity contribution in [2.75, 3.05) is 11.4 Å². The van der Waals surface area contributed by atoms with Crippen LogP contribution in [0.5, 0.6) is 0 Å². The Bertz CT molecular complexity index is 1180. The average Bonchev–Trinajstić information content (AvgIpc) is 3.16. The van der Waals surface area contributed by atoms with Gasteiger partial charge in [-0.1, -0.05) is 18.1 Å². The summed E-state index contributed by atoms with van der Waals surface area (Å²) in [5.74, 6) is 0.736. The summed E-state index contributed by atoms with van der Waals surface area (Å²) >= 11 is 0. The van der Waals surface area contributed by atoms with Gasteiger partial charge in [0.05, 0.1) is 23.2 Å². The van der Waals surface area contributed by atoms with Crippen LogP contribution in [-0.4, -0.2) is 36.3 Å². The number of fused-ring (bicyclic) bond motifs is 2. The van der Waals surface area contributed by atoms with Gasteiger partial charge in [0.2, 0.25) is 5.89 Å². The summed E-state index contributed by atoms with van der Waals surface area (Å²) in [6.45, 7) is 5.04. The van der Waals surface area contributed by atoms with Crippen molar-refractivity contribution in [3.63, 3.8) is 0 Å². The van der Waals surface area contributed by atoms with E-state index in [9.17, 15) is 0 Å². The monoisotopic (exact) mass is 375 g/mol. The van der Waals surface area contributed by atoms with E-state index in [-0.39, 0.29) is 11.5 Å². The van der Waals surface area contributed by atoms with E-state index in [0.29, 0.717) is 6.01 Å². The molecule has 1 aliphatic heterocycles. The average molecular weight is 375 g/mol. The van der Waals surface area contributed by atoms with Crippen LogP contribution in [0.4, 0.5) is 6.01 Å². The van der Waals surface area contributed by atoms with E-state index in [0.717, 1.165) is 54.3 Å². The Morgan fingerprint density at radius 2 is 2.18 bits per heavy atom. The minimum atomic E-state index is -0.158. The fourth-order valence-corrected chi connectivity index (χ4v) is 4.07. The lowest BCUT2D eigenvalue weighted by atomic mass is 10.00. The highest BCUT2D eigenvalue weighted by atomic mass is 16.4. The summed E-state index contributed by atoms with van der Waals surface area (Å²) in [5, 5.41) is 13.6. The smallest absolute Gasteiger partial charge is 0.319 e. The van der Waals surface area contributed by atoms with Crippen molar-refractivity contribution < 1.29 is 4.42 Å². The maximum absolute atomic E-state index is 6.12. The van der Waals surface area contributed by atoms with Gasteiger partial charge in [0.1, 0.15) is 6.04 Å². The molecule has 4 aromatic heterocycles. The van der Waals surface area contributed by atoms with E-state index < -0.39 is 0 Å². The van der Waals surface area contributed by atoms with E-state index >= 15 is 0 Å². The number of nitrogens with one attached hydrogen (secondary N) is 1. The molecule has 142 valence electrons. The van der Waals surface area contributed by atoms with Crippen LogP contribution >= 0.6 is 0 Å². The fourth-order valence-electron chi connectivity index (χ4n) is 4.07. The van der Waals surface area contributed by atoms with E-state index in [2.05, 4.69) is 51.0 Å².